The molecule has 4 aromatic rings. The number of nitrogens with one attached hydrogen (secondary N) is 2. The first-order valence-electron chi connectivity index (χ1n) is 16.3. The van der Waals surface area contributed by atoms with Crippen molar-refractivity contribution < 1.29 is 19.1 Å². The zero-order valence-corrected chi connectivity index (χ0v) is 26.9. The van der Waals surface area contributed by atoms with Crippen LogP contribution in [0.4, 0.5) is 0 Å². The van der Waals surface area contributed by atoms with Gasteiger partial charge in [-0.25, -0.2) is 4.98 Å². The van der Waals surface area contributed by atoms with E-state index in [-0.39, 0.29) is 18.4 Å². The molecule has 2 aromatic carbocycles. The average Bonchev–Trinajstić information content (AvgIpc) is 3.66. The summed E-state index contributed by atoms with van der Waals surface area (Å²) < 4.78 is 13.4. The molecular formula is C36H47N5O4. The number of unbranched alkanes of at least 4 members (excludes halogenated alkanes) is 2. The summed E-state index contributed by atoms with van der Waals surface area (Å²) in [6.45, 7) is 9.22. The fourth-order valence-corrected chi connectivity index (χ4v) is 6.22. The van der Waals surface area contributed by atoms with Gasteiger partial charge in [0.15, 0.2) is 0 Å². The molecule has 2 aromatic heterocycles. The van der Waals surface area contributed by atoms with Gasteiger partial charge in [0.25, 0.3) is 0 Å². The highest BCUT2D eigenvalue weighted by atomic mass is 16.5. The van der Waals surface area contributed by atoms with Gasteiger partial charge in [0.05, 0.1) is 44.7 Å². The molecular weight excluding hydrogens is 566 g/mol. The monoisotopic (exact) mass is 613 g/mol. The molecule has 1 atom stereocenters. The molecule has 1 aliphatic heterocycles. The molecule has 1 amide bonds. The molecule has 1 aliphatic rings. The summed E-state index contributed by atoms with van der Waals surface area (Å²) in [6, 6.07) is 15.9. The Balaban J connectivity index is 1.34. The van der Waals surface area contributed by atoms with Crippen LogP contribution in [0.2, 0.25) is 0 Å². The molecule has 2 N–H and O–H groups in total. The molecule has 45 heavy (non-hydrogen) atoms. The highest BCUT2D eigenvalue weighted by Crippen LogP contribution is 2.31. The average molecular weight is 614 g/mol. The van der Waals surface area contributed by atoms with Gasteiger partial charge in [0.2, 0.25) is 5.91 Å². The first-order chi connectivity index (χ1) is 22.0. The fourth-order valence-electron chi connectivity index (χ4n) is 6.22. The maximum absolute atomic E-state index is 13.8. The second-order valence-corrected chi connectivity index (χ2v) is 11.9. The third-order valence-electron chi connectivity index (χ3n) is 8.93. The second kappa shape index (κ2) is 15.9. The minimum atomic E-state index is -0.263. The van der Waals surface area contributed by atoms with Crippen molar-refractivity contribution in [3.8, 4) is 17.0 Å². The maximum Gasteiger partial charge on any atom is 0.225 e. The number of ketones is 1. The van der Waals surface area contributed by atoms with Crippen LogP contribution in [0, 0.1) is 6.92 Å². The lowest BCUT2D eigenvalue weighted by Crippen LogP contribution is -2.38. The van der Waals surface area contributed by atoms with Gasteiger partial charge in [0, 0.05) is 55.6 Å². The number of H-pyrrole nitrogens is 1. The van der Waals surface area contributed by atoms with Gasteiger partial charge in [-0.05, 0) is 49.1 Å². The molecule has 0 unspecified atom stereocenters. The Morgan fingerprint density at radius 3 is 2.62 bits per heavy atom. The van der Waals surface area contributed by atoms with Gasteiger partial charge in [0.1, 0.15) is 17.4 Å². The molecule has 0 aliphatic carbocycles. The van der Waals surface area contributed by atoms with Crippen LogP contribution in [0.15, 0.2) is 54.7 Å². The molecule has 1 fully saturated rings. The number of carbonyl (C=O) groups excluding carboxylic acids is 2. The lowest BCUT2D eigenvalue weighted by Gasteiger charge is -2.27. The Morgan fingerprint density at radius 1 is 1.07 bits per heavy atom. The summed E-state index contributed by atoms with van der Waals surface area (Å²) in [5.74, 6) is 1.78. The van der Waals surface area contributed by atoms with Crippen molar-refractivity contribution in [2.24, 2.45) is 0 Å². The molecule has 0 radical (unpaired) electrons. The van der Waals surface area contributed by atoms with E-state index in [0.29, 0.717) is 18.6 Å². The topological polar surface area (TPSA) is 101 Å². The van der Waals surface area contributed by atoms with Crippen molar-refractivity contribution in [1.29, 1.82) is 0 Å². The number of Topliss-reactive ketones (excluding diaryl/α,β-unsaturated/α-hetero) is 1. The fraction of sp³-hybridized carbons (Fsp3) is 0.472. The molecule has 0 spiro atoms. The van der Waals surface area contributed by atoms with Gasteiger partial charge in [-0.1, -0.05) is 50.1 Å². The molecule has 5 rings (SSSR count). The van der Waals surface area contributed by atoms with E-state index in [9.17, 15) is 9.59 Å². The normalized spacial score (nSPS) is 14.5. The maximum atomic E-state index is 13.8. The van der Waals surface area contributed by atoms with Crippen molar-refractivity contribution in [1.82, 2.24) is 24.8 Å². The Labute approximate surface area is 266 Å². The van der Waals surface area contributed by atoms with E-state index < -0.39 is 0 Å². The van der Waals surface area contributed by atoms with Crippen molar-refractivity contribution in [3.63, 3.8) is 0 Å². The number of methoxy groups -OCH3 is 1. The first-order valence-corrected chi connectivity index (χ1v) is 16.3. The van der Waals surface area contributed by atoms with E-state index in [1.807, 2.05) is 55.6 Å². The van der Waals surface area contributed by atoms with Crippen molar-refractivity contribution in [2.45, 2.75) is 71.4 Å². The lowest BCUT2D eigenvalue weighted by atomic mass is 10.0. The number of fused-ring (bicyclic) bond motifs is 1. The van der Waals surface area contributed by atoms with Gasteiger partial charge in [-0.2, -0.15) is 0 Å². The van der Waals surface area contributed by atoms with E-state index >= 15 is 0 Å². The van der Waals surface area contributed by atoms with Crippen LogP contribution in [0.25, 0.3) is 22.2 Å². The van der Waals surface area contributed by atoms with Crippen LogP contribution in [-0.4, -0.2) is 71.1 Å². The predicted octanol–water partition coefficient (Wildman–Crippen LogP) is 6.01. The number of carbonyl (C=O) groups is 2. The minimum Gasteiger partial charge on any atom is -0.497 e. The Morgan fingerprint density at radius 2 is 1.87 bits per heavy atom. The zero-order valence-electron chi connectivity index (χ0n) is 26.9. The summed E-state index contributed by atoms with van der Waals surface area (Å²) in [7, 11) is 1.67. The summed E-state index contributed by atoms with van der Waals surface area (Å²) in [6.07, 6.45) is 6.72. The number of aromatic nitrogens is 3. The SMILES string of the molecule is CCC(=O)CCCCC[C@H](NC(=O)Cc1c(C)n(CCN2CCOCC2)c2ccc(OC)cc12)c1ncc(-c2ccccc2)[nH]1. The molecule has 9 heteroatoms. The zero-order chi connectivity index (χ0) is 31.6. The smallest absolute Gasteiger partial charge is 0.225 e. The number of morpholine rings is 1. The van der Waals surface area contributed by atoms with Crippen LogP contribution in [-0.2, 0) is 27.3 Å². The minimum absolute atomic E-state index is 0.0445. The number of hydrogen-bond donors (Lipinski definition) is 2. The summed E-state index contributed by atoms with van der Waals surface area (Å²) in [4.78, 5) is 36.2. The van der Waals surface area contributed by atoms with E-state index in [1.165, 1.54) is 0 Å². The summed E-state index contributed by atoms with van der Waals surface area (Å²) in [5.41, 5.74) is 5.20. The number of imidazole rings is 1. The second-order valence-electron chi connectivity index (χ2n) is 11.9. The quantitative estimate of drug-likeness (QED) is 0.150. The van der Waals surface area contributed by atoms with Crippen molar-refractivity contribution >= 4 is 22.6 Å². The van der Waals surface area contributed by atoms with E-state index in [4.69, 9.17) is 14.5 Å². The summed E-state index contributed by atoms with van der Waals surface area (Å²) >= 11 is 0. The van der Waals surface area contributed by atoms with Crippen LogP contribution in [0.1, 0.15) is 68.6 Å². The van der Waals surface area contributed by atoms with Crippen LogP contribution < -0.4 is 10.1 Å². The number of aromatic amines is 1. The van der Waals surface area contributed by atoms with Crippen molar-refractivity contribution in [3.05, 3.63) is 71.8 Å². The molecule has 0 bridgehead atoms. The third kappa shape index (κ3) is 8.41. The van der Waals surface area contributed by atoms with Gasteiger partial charge < -0.3 is 24.3 Å². The van der Waals surface area contributed by atoms with E-state index in [1.54, 1.807) is 7.11 Å². The van der Waals surface area contributed by atoms with E-state index in [2.05, 4.69) is 32.8 Å². The third-order valence-corrected chi connectivity index (χ3v) is 8.93. The van der Waals surface area contributed by atoms with E-state index in [0.717, 1.165) is 110 Å². The number of hydrogen-bond acceptors (Lipinski definition) is 6. The summed E-state index contributed by atoms with van der Waals surface area (Å²) in [5, 5.41) is 4.36. The number of benzene rings is 2. The largest absolute Gasteiger partial charge is 0.497 e. The van der Waals surface area contributed by atoms with Crippen LogP contribution in [0.3, 0.4) is 0 Å². The number of nitrogens with zero attached hydrogens (tertiary/aromatic N) is 3. The molecule has 240 valence electrons. The first kappa shape index (κ1) is 32.4. The highest BCUT2D eigenvalue weighted by Gasteiger charge is 2.22. The van der Waals surface area contributed by atoms with Gasteiger partial charge >= 0.3 is 0 Å². The van der Waals surface area contributed by atoms with Crippen molar-refractivity contribution in [2.75, 3.05) is 40.0 Å². The molecule has 0 saturated carbocycles. The Bertz CT molecular complexity index is 1550. The molecule has 3 heterocycles. The Kier molecular flexibility index (Phi) is 11.4. The Hall–Kier alpha value is -3.95. The number of amides is 1. The predicted molar refractivity (Wildman–Crippen MR) is 177 cm³/mol. The highest BCUT2D eigenvalue weighted by molar-refractivity contribution is 5.91. The standard InChI is InChI=1S/C36H47N5O4/c1-4-28(42)13-9-6-10-14-32(36-37-25-33(39-36)27-11-7-5-8-12-27)38-35(43)24-30-26(2)41(18-17-40-19-21-45-22-20-40)34-16-15-29(44-3)23-31(30)34/h5,7-8,11-12,15-16,23,25,32H,4,6,9-10,13-14,17-22,24H2,1-3H3,(H,37,39)(H,38,43)/t32-/m0/s1. The molecule has 9 nitrogen and oxygen atoms in total. The number of rotatable bonds is 16. The molecule has 1 saturated heterocycles. The van der Waals surface area contributed by atoms with Crippen LogP contribution >= 0.6 is 0 Å². The van der Waals surface area contributed by atoms with Gasteiger partial charge in [-0.3, -0.25) is 14.5 Å². The van der Waals surface area contributed by atoms with Gasteiger partial charge in [-0.15, -0.1) is 0 Å². The number of ether oxygens (including phenoxy) is 2. The van der Waals surface area contributed by atoms with Crippen LogP contribution in [0.5, 0.6) is 5.75 Å². The lowest BCUT2D eigenvalue weighted by molar-refractivity contribution is -0.121.